The quantitative estimate of drug-likeness (QED) is 0.0305. The second-order valence-electron chi connectivity index (χ2n) is 20.7. The number of carbonyl (C=O) groups is 2. The third-order valence-corrected chi connectivity index (χ3v) is 14.8. The molecule has 3 atom stereocenters. The number of carbonyl (C=O) groups excluding carboxylic acids is 2. The van der Waals surface area contributed by atoms with Crippen LogP contribution in [0.25, 0.3) is 0 Å². The molecule has 0 saturated carbocycles. The van der Waals surface area contributed by atoms with E-state index >= 15 is 0 Å². The zero-order valence-electron chi connectivity index (χ0n) is 45.6. The van der Waals surface area contributed by atoms with Crippen LogP contribution in [-0.2, 0) is 32.7 Å². The lowest BCUT2D eigenvalue weighted by molar-refractivity contribution is -0.153. The molecule has 0 aliphatic heterocycles. The molecule has 0 spiro atoms. The molecular weight excluding hydrogens is 888 g/mol. The maximum absolute atomic E-state index is 12.5. The molecule has 0 aromatic rings. The molecule has 0 aromatic heterocycles. The van der Waals surface area contributed by atoms with E-state index in [1.165, 1.54) is 244 Å². The van der Waals surface area contributed by atoms with E-state index in [2.05, 4.69) is 13.8 Å². The molecule has 11 heteroatoms. The van der Waals surface area contributed by atoms with Crippen LogP contribution in [-0.4, -0.2) is 65.7 Å². The van der Waals surface area contributed by atoms with E-state index < -0.39 is 58.4 Å². The number of esters is 2. The number of phosphoric acid groups is 1. The monoisotopic (exact) mass is 1000 g/mol. The van der Waals surface area contributed by atoms with Crippen molar-refractivity contribution in [2.24, 2.45) is 0 Å². The number of aliphatic hydroxyl groups excluding tert-OH is 2. The molecule has 3 N–H and O–H groups in total. The van der Waals surface area contributed by atoms with Gasteiger partial charge in [-0.1, -0.05) is 296 Å². The first kappa shape index (κ1) is 68.0. The fourth-order valence-electron chi connectivity index (χ4n) is 9.24. The van der Waals surface area contributed by atoms with Crippen LogP contribution >= 0.6 is 7.82 Å². The van der Waals surface area contributed by atoms with E-state index in [9.17, 15) is 29.3 Å². The van der Waals surface area contributed by atoms with Gasteiger partial charge in [-0.2, -0.15) is 0 Å². The Morgan fingerprint density at radius 1 is 0.333 bits per heavy atom. The molecule has 0 rings (SSSR count). The Kier molecular flexibility index (Phi) is 53.9. The van der Waals surface area contributed by atoms with E-state index in [0.29, 0.717) is 12.8 Å². The van der Waals surface area contributed by atoms with Crippen molar-refractivity contribution in [3.05, 3.63) is 0 Å². The highest BCUT2D eigenvalue weighted by molar-refractivity contribution is 7.47. The van der Waals surface area contributed by atoms with Crippen molar-refractivity contribution in [3.63, 3.8) is 0 Å². The van der Waals surface area contributed by atoms with Crippen molar-refractivity contribution in [1.29, 1.82) is 0 Å². The van der Waals surface area contributed by atoms with Crippen molar-refractivity contribution in [2.45, 2.75) is 334 Å². The zero-order valence-corrected chi connectivity index (χ0v) is 46.5. The van der Waals surface area contributed by atoms with Crippen molar-refractivity contribution in [2.75, 3.05) is 26.4 Å². The molecule has 0 aliphatic carbocycles. The number of unbranched alkanes of at least 4 members (excludes halogenated alkanes) is 44. The van der Waals surface area contributed by atoms with Crippen molar-refractivity contribution >= 4 is 19.8 Å². The lowest BCUT2D eigenvalue weighted by Crippen LogP contribution is -2.28. The average Bonchev–Trinajstić information content (AvgIpc) is 3.34. The minimum absolute atomic E-state index is 0.201. The summed E-state index contributed by atoms with van der Waals surface area (Å²) in [6, 6.07) is 0. The third-order valence-electron chi connectivity index (χ3n) is 13.8. The number of ether oxygens (including phenoxy) is 2. The van der Waals surface area contributed by atoms with Crippen molar-refractivity contribution in [1.82, 2.24) is 0 Å². The van der Waals surface area contributed by atoms with Gasteiger partial charge in [0.1, 0.15) is 12.2 Å². The average molecular weight is 1000 g/mol. The first-order valence-corrected chi connectivity index (χ1v) is 31.5. The summed E-state index contributed by atoms with van der Waals surface area (Å²) >= 11 is 0. The fraction of sp³-hybridized carbons (Fsp3) is 0.966. The third kappa shape index (κ3) is 53.1. The minimum atomic E-state index is -4.64. The van der Waals surface area contributed by atoms with Gasteiger partial charge in [-0.25, -0.2) is 4.57 Å². The van der Waals surface area contributed by atoms with E-state index in [0.717, 1.165) is 38.5 Å². The normalized spacial score (nSPS) is 13.4. The second-order valence-corrected chi connectivity index (χ2v) is 22.2. The van der Waals surface area contributed by atoms with Crippen LogP contribution in [0.15, 0.2) is 0 Å². The SMILES string of the molecule is CCCCCCCCCCCCCCCCCCCCCCCCCCC(=O)OC(CO)COP(=O)(O)OCC(CO)OC(=O)CCCCCCCCCCCCCCCCCCCCCCCC. The topological polar surface area (TPSA) is 149 Å². The number of aliphatic hydroxyl groups is 2. The second kappa shape index (κ2) is 54.7. The van der Waals surface area contributed by atoms with E-state index in [1.807, 2.05) is 0 Å². The van der Waals surface area contributed by atoms with E-state index in [4.69, 9.17) is 18.5 Å². The van der Waals surface area contributed by atoms with Crippen LogP contribution in [0, 0.1) is 0 Å². The highest BCUT2D eigenvalue weighted by Crippen LogP contribution is 2.43. The largest absolute Gasteiger partial charge is 0.472 e. The number of phosphoric ester groups is 1. The molecule has 0 radical (unpaired) electrons. The van der Waals surface area contributed by atoms with Crippen LogP contribution in [0.4, 0.5) is 0 Å². The maximum Gasteiger partial charge on any atom is 0.472 e. The Morgan fingerprint density at radius 3 is 0.681 bits per heavy atom. The van der Waals surface area contributed by atoms with Crippen LogP contribution in [0.2, 0.25) is 0 Å². The van der Waals surface area contributed by atoms with E-state index in [-0.39, 0.29) is 12.8 Å². The smallest absolute Gasteiger partial charge is 0.457 e. The molecule has 10 nitrogen and oxygen atoms in total. The first-order valence-electron chi connectivity index (χ1n) is 30.0. The lowest BCUT2D eigenvalue weighted by Gasteiger charge is -2.20. The number of hydrogen-bond donors (Lipinski definition) is 3. The van der Waals surface area contributed by atoms with Crippen LogP contribution in [0.3, 0.4) is 0 Å². The molecule has 0 saturated heterocycles. The van der Waals surface area contributed by atoms with Gasteiger partial charge in [-0.05, 0) is 12.8 Å². The highest BCUT2D eigenvalue weighted by Gasteiger charge is 2.27. The molecule has 69 heavy (non-hydrogen) atoms. The maximum atomic E-state index is 12.5. The molecule has 0 heterocycles. The van der Waals surface area contributed by atoms with Gasteiger partial charge in [0.05, 0.1) is 26.4 Å². The van der Waals surface area contributed by atoms with Crippen LogP contribution in [0.5, 0.6) is 0 Å². The summed E-state index contributed by atoms with van der Waals surface area (Å²) in [5, 5.41) is 19.3. The van der Waals surface area contributed by atoms with Gasteiger partial charge in [0.15, 0.2) is 0 Å². The van der Waals surface area contributed by atoms with Crippen molar-refractivity contribution in [3.8, 4) is 0 Å². The Morgan fingerprint density at radius 2 is 0.507 bits per heavy atom. The Hall–Kier alpha value is -1.03. The van der Waals surface area contributed by atoms with Crippen LogP contribution in [0.1, 0.15) is 322 Å². The molecule has 0 bridgehead atoms. The summed E-state index contributed by atoms with van der Waals surface area (Å²) in [4.78, 5) is 34.8. The number of hydrogen-bond acceptors (Lipinski definition) is 9. The van der Waals surface area contributed by atoms with Crippen LogP contribution < -0.4 is 0 Å². The molecule has 412 valence electrons. The van der Waals surface area contributed by atoms with Gasteiger partial charge in [-0.15, -0.1) is 0 Å². The van der Waals surface area contributed by atoms with Gasteiger partial charge >= 0.3 is 19.8 Å². The molecular formula is C58H115O10P. The Labute approximate surface area is 426 Å². The standard InChI is InChI=1S/C58H115O10P/c1-3-5-7-9-11-13-15-17-19-21-23-25-27-28-30-32-34-36-38-40-42-44-46-48-50-58(62)68-56(52-60)54-66-69(63,64)65-53-55(51-59)67-57(61)49-47-45-43-41-39-37-35-33-31-29-26-24-22-20-18-16-14-12-10-8-6-4-2/h55-56,59-60H,3-54H2,1-2H3,(H,63,64). The zero-order chi connectivity index (χ0) is 50.4. The molecule has 0 amide bonds. The Balaban J connectivity index is 3.71. The van der Waals surface area contributed by atoms with E-state index in [1.54, 1.807) is 0 Å². The van der Waals surface area contributed by atoms with Gasteiger partial charge < -0.3 is 24.6 Å². The predicted octanol–water partition coefficient (Wildman–Crippen LogP) is 17.7. The summed E-state index contributed by atoms with van der Waals surface area (Å²) in [7, 11) is -4.64. The summed E-state index contributed by atoms with van der Waals surface area (Å²) in [6.07, 6.45) is 58.1. The van der Waals surface area contributed by atoms with Gasteiger partial charge in [0.2, 0.25) is 0 Å². The van der Waals surface area contributed by atoms with Gasteiger partial charge in [0, 0.05) is 12.8 Å². The highest BCUT2D eigenvalue weighted by atomic mass is 31.2. The first-order chi connectivity index (χ1) is 33.8. The number of rotatable bonds is 58. The Bertz CT molecular complexity index is 1110. The summed E-state index contributed by atoms with van der Waals surface area (Å²) in [5.74, 6) is -0.995. The van der Waals surface area contributed by atoms with Gasteiger partial charge in [-0.3, -0.25) is 18.6 Å². The summed E-state index contributed by atoms with van der Waals surface area (Å²) in [6.45, 7) is 2.31. The summed E-state index contributed by atoms with van der Waals surface area (Å²) in [5.41, 5.74) is 0. The van der Waals surface area contributed by atoms with Crippen molar-refractivity contribution < 1.29 is 47.8 Å². The molecule has 0 fully saturated rings. The minimum Gasteiger partial charge on any atom is -0.457 e. The lowest BCUT2D eigenvalue weighted by atomic mass is 10.0. The fourth-order valence-corrected chi connectivity index (χ4v) is 10.0. The molecule has 0 aromatic carbocycles. The van der Waals surface area contributed by atoms with Gasteiger partial charge in [0.25, 0.3) is 0 Å². The predicted molar refractivity (Wildman–Crippen MR) is 289 cm³/mol. The molecule has 0 aliphatic rings. The molecule has 3 unspecified atom stereocenters. The summed E-state index contributed by atoms with van der Waals surface area (Å²) < 4.78 is 32.9.